The van der Waals surface area contributed by atoms with Gasteiger partial charge in [0.1, 0.15) is 16.9 Å². The predicted octanol–water partition coefficient (Wildman–Crippen LogP) is 4.09. The van der Waals surface area contributed by atoms with Gasteiger partial charge in [-0.3, -0.25) is 19.7 Å². The van der Waals surface area contributed by atoms with E-state index in [1.54, 1.807) is 67.1 Å². The highest BCUT2D eigenvalue weighted by atomic mass is 32.1. The Morgan fingerprint density at radius 1 is 0.848 bits per heavy atom. The minimum absolute atomic E-state index is 0.112. The Hall–Kier alpha value is -3.26. The highest BCUT2D eigenvalue weighted by Crippen LogP contribution is 2.56. The fourth-order valence-electron chi connectivity index (χ4n) is 4.98. The molecule has 1 aliphatic carbocycles. The van der Waals surface area contributed by atoms with Crippen molar-refractivity contribution in [2.24, 2.45) is 5.92 Å². The molecule has 7 heteroatoms. The average molecular weight is 458 g/mol. The smallest absolute Gasteiger partial charge is 0.188 e. The summed E-state index contributed by atoms with van der Waals surface area (Å²) in [6.45, 7) is 0. The second-order valence-corrected chi connectivity index (χ2v) is 9.42. The molecule has 0 spiro atoms. The number of pyridine rings is 3. The Balaban J connectivity index is 1.71. The Kier molecular flexibility index (Phi) is 5.62. The van der Waals surface area contributed by atoms with Gasteiger partial charge in [0.25, 0.3) is 0 Å². The molecule has 0 saturated heterocycles. The van der Waals surface area contributed by atoms with Gasteiger partial charge in [-0.1, -0.05) is 24.3 Å². The number of Topliss-reactive ketones (excluding diaryl/α,β-unsaturated/α-hetero) is 1. The maximum absolute atomic E-state index is 13.9. The third-order valence-electron chi connectivity index (χ3n) is 6.39. The van der Waals surface area contributed by atoms with E-state index in [-0.39, 0.29) is 24.3 Å². The fraction of sp³-hybridized carbons (Fsp3) is 0.231. The van der Waals surface area contributed by atoms with Gasteiger partial charge in [0, 0.05) is 35.8 Å². The van der Waals surface area contributed by atoms with Gasteiger partial charge in [0.15, 0.2) is 5.78 Å². The van der Waals surface area contributed by atoms with E-state index in [0.29, 0.717) is 11.4 Å². The van der Waals surface area contributed by atoms with Gasteiger partial charge in [0.05, 0.1) is 17.3 Å². The number of hydrogen-bond donors (Lipinski definition) is 2. The van der Waals surface area contributed by atoms with Crippen LogP contribution in [0.25, 0.3) is 0 Å². The summed E-state index contributed by atoms with van der Waals surface area (Å²) in [5.41, 5.74) is -2.11. The molecule has 0 radical (unpaired) electrons. The third kappa shape index (κ3) is 3.88. The molecule has 33 heavy (non-hydrogen) atoms. The van der Waals surface area contributed by atoms with Crippen LogP contribution in [0.15, 0.2) is 90.7 Å². The molecule has 5 rings (SSSR count). The minimum atomic E-state index is -1.74. The number of aromatic nitrogens is 3. The summed E-state index contributed by atoms with van der Waals surface area (Å²) >= 11 is 1.50. The lowest BCUT2D eigenvalue weighted by molar-refractivity contribution is -0.143. The van der Waals surface area contributed by atoms with Crippen molar-refractivity contribution >= 4 is 17.1 Å². The van der Waals surface area contributed by atoms with Gasteiger partial charge < -0.3 is 10.2 Å². The molecular formula is C26H23N3O3S. The predicted molar refractivity (Wildman–Crippen MR) is 125 cm³/mol. The maximum atomic E-state index is 13.9. The first-order valence-corrected chi connectivity index (χ1v) is 11.7. The standard InChI is InChI=1S/C26H23N3O3S/c30-24(19-8-1-4-12-27-19)23-18(20-9-7-15-33-20)16-25(31,21-10-2-5-13-28-21)17-26(23,32)22-11-3-6-14-29-22/h1-15,18,23,31-32H,16-17H2. The van der Waals surface area contributed by atoms with Crippen molar-refractivity contribution in [3.8, 4) is 0 Å². The number of hydrogen-bond acceptors (Lipinski definition) is 7. The Morgan fingerprint density at radius 2 is 1.52 bits per heavy atom. The first kappa shape index (κ1) is 21.6. The molecule has 0 aromatic carbocycles. The minimum Gasteiger partial charge on any atom is -0.383 e. The van der Waals surface area contributed by atoms with E-state index >= 15 is 0 Å². The molecule has 4 aromatic heterocycles. The summed E-state index contributed by atoms with van der Waals surface area (Å²) in [7, 11) is 0. The van der Waals surface area contributed by atoms with E-state index in [4.69, 9.17) is 0 Å². The largest absolute Gasteiger partial charge is 0.383 e. The zero-order valence-corrected chi connectivity index (χ0v) is 18.6. The molecule has 2 N–H and O–H groups in total. The van der Waals surface area contributed by atoms with Crippen LogP contribution in [0.2, 0.25) is 0 Å². The topological polar surface area (TPSA) is 96.2 Å². The van der Waals surface area contributed by atoms with Crippen LogP contribution >= 0.6 is 11.3 Å². The van der Waals surface area contributed by atoms with Gasteiger partial charge in [-0.15, -0.1) is 11.3 Å². The molecule has 4 heterocycles. The van der Waals surface area contributed by atoms with Crippen LogP contribution in [-0.2, 0) is 11.2 Å². The molecule has 4 aromatic rings. The second kappa shape index (κ2) is 8.59. The van der Waals surface area contributed by atoms with E-state index in [9.17, 15) is 15.0 Å². The Labute approximate surface area is 195 Å². The lowest BCUT2D eigenvalue weighted by Crippen LogP contribution is -2.54. The first-order valence-electron chi connectivity index (χ1n) is 10.8. The summed E-state index contributed by atoms with van der Waals surface area (Å²) in [6, 6.07) is 19.6. The van der Waals surface area contributed by atoms with Crippen molar-refractivity contribution in [1.29, 1.82) is 0 Å². The van der Waals surface area contributed by atoms with E-state index in [0.717, 1.165) is 4.88 Å². The fourth-order valence-corrected chi connectivity index (χ4v) is 5.84. The van der Waals surface area contributed by atoms with Crippen LogP contribution in [0, 0.1) is 5.92 Å². The molecule has 1 saturated carbocycles. The Morgan fingerprint density at radius 3 is 2.09 bits per heavy atom. The number of carbonyl (C=O) groups excluding carboxylic acids is 1. The van der Waals surface area contributed by atoms with Crippen molar-refractivity contribution in [1.82, 2.24) is 15.0 Å². The van der Waals surface area contributed by atoms with Gasteiger partial charge >= 0.3 is 0 Å². The van der Waals surface area contributed by atoms with E-state index in [2.05, 4.69) is 15.0 Å². The molecule has 0 aliphatic heterocycles. The van der Waals surface area contributed by atoms with Crippen LogP contribution in [0.5, 0.6) is 0 Å². The zero-order valence-electron chi connectivity index (χ0n) is 17.8. The molecular weight excluding hydrogens is 434 g/mol. The quantitative estimate of drug-likeness (QED) is 0.438. The molecule has 0 bridgehead atoms. The van der Waals surface area contributed by atoms with Gasteiger partial charge in [-0.2, -0.15) is 0 Å². The van der Waals surface area contributed by atoms with Crippen LogP contribution in [0.4, 0.5) is 0 Å². The van der Waals surface area contributed by atoms with E-state index < -0.39 is 23.0 Å². The zero-order chi connectivity index (χ0) is 22.9. The number of aliphatic hydroxyl groups is 2. The molecule has 6 nitrogen and oxygen atoms in total. The number of carbonyl (C=O) groups is 1. The summed E-state index contributed by atoms with van der Waals surface area (Å²) in [5.74, 6) is -1.62. The van der Waals surface area contributed by atoms with Crippen molar-refractivity contribution in [3.63, 3.8) is 0 Å². The molecule has 166 valence electrons. The number of ketones is 1. The van der Waals surface area contributed by atoms with E-state index in [1.165, 1.54) is 11.3 Å². The molecule has 4 atom stereocenters. The average Bonchev–Trinajstić information content (AvgIpc) is 3.40. The van der Waals surface area contributed by atoms with Gasteiger partial charge in [-0.25, -0.2) is 0 Å². The molecule has 4 unspecified atom stereocenters. The monoisotopic (exact) mass is 457 g/mol. The summed E-state index contributed by atoms with van der Waals surface area (Å²) in [5, 5.41) is 26.1. The lowest BCUT2D eigenvalue weighted by atomic mass is 9.59. The van der Waals surface area contributed by atoms with Gasteiger partial charge in [0.2, 0.25) is 0 Å². The van der Waals surface area contributed by atoms with Crippen LogP contribution in [0.1, 0.15) is 45.5 Å². The first-order chi connectivity index (χ1) is 16.0. The summed E-state index contributed by atoms with van der Waals surface area (Å²) in [6.07, 6.45) is 4.91. The summed E-state index contributed by atoms with van der Waals surface area (Å²) in [4.78, 5) is 27.9. The number of rotatable bonds is 5. The summed E-state index contributed by atoms with van der Waals surface area (Å²) < 4.78 is 0. The van der Waals surface area contributed by atoms with Crippen molar-refractivity contribution in [3.05, 3.63) is 113 Å². The number of thiophene rings is 1. The third-order valence-corrected chi connectivity index (χ3v) is 7.40. The van der Waals surface area contributed by atoms with Gasteiger partial charge in [-0.05, 0) is 54.3 Å². The van der Waals surface area contributed by atoms with E-state index in [1.807, 2.05) is 23.6 Å². The van der Waals surface area contributed by atoms with Crippen molar-refractivity contribution < 1.29 is 15.0 Å². The molecule has 0 amide bonds. The van der Waals surface area contributed by atoms with Crippen LogP contribution in [-0.4, -0.2) is 30.9 Å². The number of nitrogens with zero attached hydrogens (tertiary/aromatic N) is 3. The van der Waals surface area contributed by atoms with Crippen LogP contribution < -0.4 is 0 Å². The highest BCUT2D eigenvalue weighted by Gasteiger charge is 2.59. The lowest BCUT2D eigenvalue weighted by Gasteiger charge is -2.49. The second-order valence-electron chi connectivity index (χ2n) is 8.45. The SMILES string of the molecule is O=C(c1ccccn1)C1C(c2cccs2)CC(O)(c2ccccn2)CC1(O)c1ccccn1. The Bertz CT molecular complexity index is 1220. The van der Waals surface area contributed by atoms with Crippen molar-refractivity contribution in [2.75, 3.05) is 0 Å². The highest BCUT2D eigenvalue weighted by molar-refractivity contribution is 7.10. The normalized spacial score (nSPS) is 27.2. The maximum Gasteiger partial charge on any atom is 0.188 e. The van der Waals surface area contributed by atoms with Crippen molar-refractivity contribution in [2.45, 2.75) is 30.0 Å². The molecule has 1 fully saturated rings. The molecule has 1 aliphatic rings. The van der Waals surface area contributed by atoms with Crippen LogP contribution in [0.3, 0.4) is 0 Å².